The van der Waals surface area contributed by atoms with Crippen LogP contribution in [-0.2, 0) is 6.42 Å². The van der Waals surface area contributed by atoms with Crippen LogP contribution < -0.4 is 5.32 Å². The predicted octanol–water partition coefficient (Wildman–Crippen LogP) is 3.62. The summed E-state index contributed by atoms with van der Waals surface area (Å²) in [6, 6.07) is 2.06. The van der Waals surface area contributed by atoms with Gasteiger partial charge in [-0.25, -0.2) is 9.97 Å². The summed E-state index contributed by atoms with van der Waals surface area (Å²) >= 11 is 0. The maximum Gasteiger partial charge on any atom is 0.134 e. The number of aromatic nitrogens is 2. The Labute approximate surface area is 105 Å². The Hall–Kier alpha value is -1.12. The van der Waals surface area contributed by atoms with Gasteiger partial charge in [-0.2, -0.15) is 0 Å². The zero-order valence-electron chi connectivity index (χ0n) is 11.7. The smallest absolute Gasteiger partial charge is 0.134 e. The summed E-state index contributed by atoms with van der Waals surface area (Å²) in [5.74, 6) is 3.05. The van der Waals surface area contributed by atoms with Crippen molar-refractivity contribution in [2.45, 2.75) is 52.9 Å². The van der Waals surface area contributed by atoms with Gasteiger partial charge in [0.25, 0.3) is 0 Å². The molecule has 0 aliphatic heterocycles. The van der Waals surface area contributed by atoms with Gasteiger partial charge in [0, 0.05) is 24.7 Å². The second kappa shape index (κ2) is 6.58. The van der Waals surface area contributed by atoms with E-state index in [1.165, 1.54) is 0 Å². The molecule has 17 heavy (non-hydrogen) atoms. The summed E-state index contributed by atoms with van der Waals surface area (Å²) < 4.78 is 0. The fourth-order valence-corrected chi connectivity index (χ4v) is 2.01. The molecule has 0 spiro atoms. The van der Waals surface area contributed by atoms with E-state index in [0.29, 0.717) is 11.8 Å². The fourth-order valence-electron chi connectivity index (χ4n) is 2.01. The first-order chi connectivity index (χ1) is 8.10. The molecular formula is C14H25N3. The molecule has 3 nitrogen and oxygen atoms in total. The first kappa shape index (κ1) is 13.9. The largest absolute Gasteiger partial charge is 0.373 e. The van der Waals surface area contributed by atoms with Crippen LogP contribution in [0.25, 0.3) is 0 Å². The Morgan fingerprint density at radius 2 is 1.82 bits per heavy atom. The molecule has 0 saturated heterocycles. The molecule has 0 aliphatic rings. The Kier molecular flexibility index (Phi) is 5.39. The number of anilines is 1. The predicted molar refractivity (Wildman–Crippen MR) is 73.4 cm³/mol. The minimum atomic E-state index is 0.481. The van der Waals surface area contributed by atoms with Crippen molar-refractivity contribution in [2.24, 2.45) is 5.92 Å². The fraction of sp³-hybridized carbons (Fsp3) is 0.714. The zero-order chi connectivity index (χ0) is 12.8. The van der Waals surface area contributed by atoms with E-state index < -0.39 is 0 Å². The van der Waals surface area contributed by atoms with Crippen molar-refractivity contribution in [3.8, 4) is 0 Å². The Morgan fingerprint density at radius 1 is 1.18 bits per heavy atom. The molecule has 96 valence electrons. The van der Waals surface area contributed by atoms with Gasteiger partial charge in [0.05, 0.1) is 0 Å². The molecular weight excluding hydrogens is 210 g/mol. The maximum atomic E-state index is 4.71. The molecule has 0 saturated carbocycles. The molecule has 0 aliphatic carbocycles. The van der Waals surface area contributed by atoms with Crippen LogP contribution in [0.5, 0.6) is 0 Å². The number of hydrogen-bond donors (Lipinski definition) is 1. The minimum Gasteiger partial charge on any atom is -0.373 e. The minimum absolute atomic E-state index is 0.481. The van der Waals surface area contributed by atoms with Gasteiger partial charge in [-0.3, -0.25) is 0 Å². The normalized spacial score (nSPS) is 11.2. The van der Waals surface area contributed by atoms with E-state index in [4.69, 9.17) is 4.98 Å². The van der Waals surface area contributed by atoms with Crippen molar-refractivity contribution >= 4 is 5.82 Å². The molecule has 1 aromatic heterocycles. The number of nitrogens with zero attached hydrogens (tertiary/aromatic N) is 2. The first-order valence-corrected chi connectivity index (χ1v) is 6.66. The van der Waals surface area contributed by atoms with E-state index in [1.807, 2.05) is 7.05 Å². The van der Waals surface area contributed by atoms with Gasteiger partial charge in [0.2, 0.25) is 0 Å². The summed E-state index contributed by atoms with van der Waals surface area (Å²) in [4.78, 5) is 9.29. The van der Waals surface area contributed by atoms with Gasteiger partial charge in [0.15, 0.2) is 0 Å². The molecule has 3 heteroatoms. The summed E-state index contributed by atoms with van der Waals surface area (Å²) in [6.07, 6.45) is 3.22. The maximum absolute atomic E-state index is 4.71. The molecule has 1 heterocycles. The third-order valence-corrected chi connectivity index (χ3v) is 3.02. The van der Waals surface area contributed by atoms with Gasteiger partial charge in [-0.1, -0.05) is 27.7 Å². The van der Waals surface area contributed by atoms with Gasteiger partial charge in [0.1, 0.15) is 11.6 Å². The molecule has 1 aromatic rings. The standard InChI is InChI=1S/C14H25N3/c1-6-11(7-2)14-16-12(8-10(3)4)9-13(15-5)17-14/h9-11H,6-8H2,1-5H3,(H,15,16,17). The van der Waals surface area contributed by atoms with Crippen LogP contribution in [0, 0.1) is 5.92 Å². The highest BCUT2D eigenvalue weighted by atomic mass is 15.0. The average molecular weight is 235 g/mol. The van der Waals surface area contributed by atoms with Crippen molar-refractivity contribution in [3.05, 3.63) is 17.6 Å². The molecule has 1 N–H and O–H groups in total. The molecule has 0 unspecified atom stereocenters. The van der Waals surface area contributed by atoms with Crippen molar-refractivity contribution in [2.75, 3.05) is 12.4 Å². The van der Waals surface area contributed by atoms with Crippen LogP contribution in [0.3, 0.4) is 0 Å². The lowest BCUT2D eigenvalue weighted by atomic mass is 10.0. The SMILES string of the molecule is CCC(CC)c1nc(CC(C)C)cc(NC)n1. The molecule has 0 radical (unpaired) electrons. The van der Waals surface area contributed by atoms with Gasteiger partial charge in [-0.05, 0) is 25.2 Å². The first-order valence-electron chi connectivity index (χ1n) is 6.66. The van der Waals surface area contributed by atoms with E-state index in [0.717, 1.165) is 36.6 Å². The molecule has 0 amide bonds. The van der Waals surface area contributed by atoms with E-state index in [2.05, 4.69) is 44.1 Å². The second-order valence-corrected chi connectivity index (χ2v) is 4.96. The van der Waals surface area contributed by atoms with Crippen LogP contribution >= 0.6 is 0 Å². The summed E-state index contributed by atoms with van der Waals surface area (Å²) in [5.41, 5.74) is 1.15. The molecule has 0 atom stereocenters. The number of hydrogen-bond acceptors (Lipinski definition) is 3. The van der Waals surface area contributed by atoms with E-state index in [-0.39, 0.29) is 0 Å². The van der Waals surface area contributed by atoms with Gasteiger partial charge >= 0.3 is 0 Å². The Bertz CT molecular complexity index is 343. The molecule has 0 bridgehead atoms. The summed E-state index contributed by atoms with van der Waals surface area (Å²) in [7, 11) is 1.91. The highest BCUT2D eigenvalue weighted by Crippen LogP contribution is 2.22. The second-order valence-electron chi connectivity index (χ2n) is 4.96. The van der Waals surface area contributed by atoms with Crippen molar-refractivity contribution in [1.29, 1.82) is 0 Å². The topological polar surface area (TPSA) is 37.8 Å². The van der Waals surface area contributed by atoms with Crippen LogP contribution in [0.1, 0.15) is 58.0 Å². The van der Waals surface area contributed by atoms with Crippen LogP contribution in [0.4, 0.5) is 5.82 Å². The molecule has 0 fully saturated rings. The quantitative estimate of drug-likeness (QED) is 0.818. The van der Waals surface area contributed by atoms with Crippen molar-refractivity contribution in [3.63, 3.8) is 0 Å². The third-order valence-electron chi connectivity index (χ3n) is 3.02. The third kappa shape index (κ3) is 3.99. The highest BCUT2D eigenvalue weighted by Gasteiger charge is 2.13. The average Bonchev–Trinajstić information content (AvgIpc) is 2.29. The monoisotopic (exact) mass is 235 g/mol. The Balaban J connectivity index is 3.03. The molecule has 0 aromatic carbocycles. The lowest BCUT2D eigenvalue weighted by Gasteiger charge is -2.14. The lowest BCUT2D eigenvalue weighted by molar-refractivity contribution is 0.584. The van der Waals surface area contributed by atoms with E-state index in [1.54, 1.807) is 0 Å². The van der Waals surface area contributed by atoms with Crippen molar-refractivity contribution in [1.82, 2.24) is 9.97 Å². The van der Waals surface area contributed by atoms with Crippen molar-refractivity contribution < 1.29 is 0 Å². The molecule has 1 rings (SSSR count). The van der Waals surface area contributed by atoms with Gasteiger partial charge < -0.3 is 5.32 Å². The lowest BCUT2D eigenvalue weighted by Crippen LogP contribution is -2.09. The Morgan fingerprint density at radius 3 is 2.29 bits per heavy atom. The number of rotatable bonds is 6. The number of nitrogens with one attached hydrogen (secondary N) is 1. The van der Waals surface area contributed by atoms with Crippen LogP contribution in [0.15, 0.2) is 6.07 Å². The summed E-state index contributed by atoms with van der Waals surface area (Å²) in [6.45, 7) is 8.84. The summed E-state index contributed by atoms with van der Waals surface area (Å²) in [5, 5.41) is 3.13. The van der Waals surface area contributed by atoms with Crippen LogP contribution in [-0.4, -0.2) is 17.0 Å². The van der Waals surface area contributed by atoms with Crippen LogP contribution in [0.2, 0.25) is 0 Å². The zero-order valence-corrected chi connectivity index (χ0v) is 11.7. The van der Waals surface area contributed by atoms with E-state index >= 15 is 0 Å². The highest BCUT2D eigenvalue weighted by molar-refractivity contribution is 5.35. The van der Waals surface area contributed by atoms with Gasteiger partial charge in [-0.15, -0.1) is 0 Å². The van der Waals surface area contributed by atoms with E-state index in [9.17, 15) is 0 Å².